The minimum Gasteiger partial charge on any atom is -0.342 e. The van der Waals surface area contributed by atoms with Gasteiger partial charge < -0.3 is 4.90 Å². The first-order valence-corrected chi connectivity index (χ1v) is 8.90. The fraction of sp³-hybridized carbons (Fsp3) is 0.500. The summed E-state index contributed by atoms with van der Waals surface area (Å²) in [5.74, 6) is 0.0410. The van der Waals surface area contributed by atoms with Crippen LogP contribution in [0.4, 0.5) is 0 Å². The molecule has 1 fully saturated rings. The third kappa shape index (κ3) is 3.96. The van der Waals surface area contributed by atoms with E-state index in [1.54, 1.807) is 17.0 Å². The fourth-order valence-electron chi connectivity index (χ4n) is 2.42. The number of carbonyl (C=O) groups excluding carboxylic acids is 1. The molecule has 0 saturated carbocycles. The van der Waals surface area contributed by atoms with E-state index in [0.29, 0.717) is 37.4 Å². The van der Waals surface area contributed by atoms with Crippen molar-refractivity contribution in [2.75, 3.05) is 19.3 Å². The summed E-state index contributed by atoms with van der Waals surface area (Å²) in [5.41, 5.74) is 0.921. The van der Waals surface area contributed by atoms with Gasteiger partial charge >= 0.3 is 0 Å². The van der Waals surface area contributed by atoms with Crippen LogP contribution in [0, 0.1) is 0 Å². The van der Waals surface area contributed by atoms with Crippen LogP contribution in [0.25, 0.3) is 0 Å². The molecule has 110 valence electrons. The van der Waals surface area contributed by atoms with E-state index in [1.807, 2.05) is 12.1 Å². The highest BCUT2D eigenvalue weighted by molar-refractivity contribution is 7.91. The molecule has 1 amide bonds. The van der Waals surface area contributed by atoms with Crippen LogP contribution in [-0.4, -0.2) is 43.8 Å². The standard InChI is InChI=1S/C14H18ClNO3S/c1-20(18,19)13-6-8-16(9-7-13)14(17)10-11-2-4-12(15)5-3-11/h2-5,13H,6-10H2,1H3. The van der Waals surface area contributed by atoms with Gasteiger partial charge in [-0.1, -0.05) is 23.7 Å². The van der Waals surface area contributed by atoms with Gasteiger partial charge in [-0.05, 0) is 30.5 Å². The lowest BCUT2D eigenvalue weighted by Gasteiger charge is -2.31. The van der Waals surface area contributed by atoms with Gasteiger partial charge in [0.2, 0.25) is 5.91 Å². The Morgan fingerprint density at radius 2 is 1.80 bits per heavy atom. The molecule has 0 unspecified atom stereocenters. The maximum absolute atomic E-state index is 12.2. The summed E-state index contributed by atoms with van der Waals surface area (Å²) >= 11 is 5.80. The molecule has 1 aliphatic rings. The van der Waals surface area contributed by atoms with Crippen molar-refractivity contribution < 1.29 is 13.2 Å². The summed E-state index contributed by atoms with van der Waals surface area (Å²) in [6.07, 6.45) is 2.67. The highest BCUT2D eigenvalue weighted by Gasteiger charge is 2.28. The molecule has 4 nitrogen and oxygen atoms in total. The molecule has 2 rings (SSSR count). The molecule has 6 heteroatoms. The summed E-state index contributed by atoms with van der Waals surface area (Å²) in [4.78, 5) is 13.9. The number of sulfone groups is 1. The van der Waals surface area contributed by atoms with Crippen LogP contribution < -0.4 is 0 Å². The molecular formula is C14H18ClNO3S. The lowest BCUT2D eigenvalue weighted by atomic mass is 10.1. The van der Waals surface area contributed by atoms with Crippen molar-refractivity contribution >= 4 is 27.3 Å². The number of hydrogen-bond donors (Lipinski definition) is 0. The van der Waals surface area contributed by atoms with Crippen LogP contribution >= 0.6 is 11.6 Å². The number of nitrogens with zero attached hydrogens (tertiary/aromatic N) is 1. The van der Waals surface area contributed by atoms with Crippen LogP contribution in [0.2, 0.25) is 5.02 Å². The highest BCUT2D eigenvalue weighted by Crippen LogP contribution is 2.18. The largest absolute Gasteiger partial charge is 0.342 e. The van der Waals surface area contributed by atoms with Crippen molar-refractivity contribution in [1.82, 2.24) is 4.90 Å². The van der Waals surface area contributed by atoms with Crippen molar-refractivity contribution in [2.24, 2.45) is 0 Å². The number of carbonyl (C=O) groups is 1. The Balaban J connectivity index is 1.90. The van der Waals surface area contributed by atoms with Gasteiger partial charge in [-0.15, -0.1) is 0 Å². The smallest absolute Gasteiger partial charge is 0.226 e. The maximum Gasteiger partial charge on any atom is 0.226 e. The molecule has 1 saturated heterocycles. The molecule has 0 atom stereocenters. The van der Waals surface area contributed by atoms with Gasteiger partial charge in [0.1, 0.15) is 9.84 Å². The molecule has 0 radical (unpaired) electrons. The Kier molecular flexibility index (Phi) is 4.70. The van der Waals surface area contributed by atoms with Gasteiger partial charge in [0.25, 0.3) is 0 Å². The summed E-state index contributed by atoms with van der Waals surface area (Å²) in [5, 5.41) is 0.345. The van der Waals surface area contributed by atoms with Crippen molar-refractivity contribution in [1.29, 1.82) is 0 Å². The average molecular weight is 316 g/mol. The lowest BCUT2D eigenvalue weighted by Crippen LogP contribution is -2.42. The number of benzene rings is 1. The average Bonchev–Trinajstić information content (AvgIpc) is 2.40. The fourth-order valence-corrected chi connectivity index (χ4v) is 3.62. The van der Waals surface area contributed by atoms with Gasteiger partial charge in [-0.25, -0.2) is 8.42 Å². The van der Waals surface area contributed by atoms with Crippen LogP contribution in [0.5, 0.6) is 0 Å². The van der Waals surface area contributed by atoms with E-state index in [1.165, 1.54) is 6.26 Å². The minimum absolute atomic E-state index is 0.0410. The third-order valence-corrected chi connectivity index (χ3v) is 5.60. The SMILES string of the molecule is CS(=O)(=O)C1CCN(C(=O)Cc2ccc(Cl)cc2)CC1. The second-order valence-electron chi connectivity index (χ2n) is 5.21. The van der Waals surface area contributed by atoms with Gasteiger partial charge in [0.05, 0.1) is 11.7 Å². The molecule has 0 N–H and O–H groups in total. The quantitative estimate of drug-likeness (QED) is 0.856. The summed E-state index contributed by atoms with van der Waals surface area (Å²) < 4.78 is 22.9. The van der Waals surface area contributed by atoms with Gasteiger partial charge in [-0.2, -0.15) is 0 Å². The number of amides is 1. The van der Waals surface area contributed by atoms with E-state index >= 15 is 0 Å². The number of likely N-dealkylation sites (tertiary alicyclic amines) is 1. The molecule has 0 bridgehead atoms. The van der Waals surface area contributed by atoms with E-state index < -0.39 is 9.84 Å². The van der Waals surface area contributed by atoms with E-state index in [-0.39, 0.29) is 11.2 Å². The Hall–Kier alpha value is -1.07. The second kappa shape index (κ2) is 6.14. The van der Waals surface area contributed by atoms with Crippen LogP contribution in [0.15, 0.2) is 24.3 Å². The first kappa shape index (κ1) is 15.3. The van der Waals surface area contributed by atoms with Crippen molar-refractivity contribution in [2.45, 2.75) is 24.5 Å². The first-order valence-electron chi connectivity index (χ1n) is 6.57. The Morgan fingerprint density at radius 1 is 1.25 bits per heavy atom. The zero-order valence-corrected chi connectivity index (χ0v) is 13.0. The number of piperidine rings is 1. The Bertz CT molecular complexity index is 575. The zero-order valence-electron chi connectivity index (χ0n) is 11.4. The normalized spacial score (nSPS) is 17.2. The molecule has 1 aromatic rings. The maximum atomic E-state index is 12.2. The summed E-state index contributed by atoms with van der Waals surface area (Å²) in [6.45, 7) is 1.04. The molecule has 20 heavy (non-hydrogen) atoms. The van der Waals surface area contributed by atoms with E-state index in [0.717, 1.165) is 5.56 Å². The first-order chi connectivity index (χ1) is 9.36. The Labute approximate surface area is 124 Å². The van der Waals surface area contributed by atoms with Crippen molar-refractivity contribution in [3.05, 3.63) is 34.9 Å². The third-order valence-electron chi connectivity index (χ3n) is 3.67. The van der Waals surface area contributed by atoms with Crippen LogP contribution in [-0.2, 0) is 21.1 Å². The second-order valence-corrected chi connectivity index (χ2v) is 7.98. The van der Waals surface area contributed by atoms with Gasteiger partial charge in [0, 0.05) is 24.4 Å². The number of hydrogen-bond acceptors (Lipinski definition) is 3. The molecule has 1 heterocycles. The molecule has 0 aliphatic carbocycles. The molecule has 0 spiro atoms. The highest BCUT2D eigenvalue weighted by atomic mass is 35.5. The van der Waals surface area contributed by atoms with Crippen molar-refractivity contribution in [3.8, 4) is 0 Å². The predicted octanol–water partition coefficient (Wildman–Crippen LogP) is 1.92. The van der Waals surface area contributed by atoms with Gasteiger partial charge in [-0.3, -0.25) is 4.79 Å². The van der Waals surface area contributed by atoms with Gasteiger partial charge in [0.15, 0.2) is 0 Å². The van der Waals surface area contributed by atoms with Crippen LogP contribution in [0.1, 0.15) is 18.4 Å². The molecule has 0 aromatic heterocycles. The number of rotatable bonds is 3. The monoisotopic (exact) mass is 315 g/mol. The predicted molar refractivity (Wildman–Crippen MR) is 79.6 cm³/mol. The molecule has 1 aromatic carbocycles. The Morgan fingerprint density at radius 3 is 2.30 bits per heavy atom. The lowest BCUT2D eigenvalue weighted by molar-refractivity contribution is -0.131. The van der Waals surface area contributed by atoms with E-state index in [2.05, 4.69) is 0 Å². The molecular weight excluding hydrogens is 298 g/mol. The zero-order chi connectivity index (χ0) is 14.8. The van der Waals surface area contributed by atoms with E-state index in [4.69, 9.17) is 11.6 Å². The summed E-state index contributed by atoms with van der Waals surface area (Å²) in [6, 6.07) is 7.20. The topological polar surface area (TPSA) is 54.5 Å². The summed E-state index contributed by atoms with van der Waals surface area (Å²) in [7, 11) is -2.99. The minimum atomic E-state index is -2.99. The number of halogens is 1. The van der Waals surface area contributed by atoms with Crippen molar-refractivity contribution in [3.63, 3.8) is 0 Å². The van der Waals surface area contributed by atoms with E-state index in [9.17, 15) is 13.2 Å². The van der Waals surface area contributed by atoms with Crippen LogP contribution in [0.3, 0.4) is 0 Å². The molecule has 1 aliphatic heterocycles.